The number of hydrogen-bond donors (Lipinski definition) is 2. The van der Waals surface area contributed by atoms with Gasteiger partial charge in [0.15, 0.2) is 11.5 Å². The number of carbonyl (C=O) groups is 2. The first kappa shape index (κ1) is 21.8. The molecular weight excluding hydrogens is 406 g/mol. The predicted octanol–water partition coefficient (Wildman–Crippen LogP) is 3.84. The van der Waals surface area contributed by atoms with Crippen LogP contribution in [0.4, 0.5) is 8.78 Å². The van der Waals surface area contributed by atoms with Gasteiger partial charge in [-0.15, -0.1) is 0 Å². The van der Waals surface area contributed by atoms with E-state index in [-0.39, 0.29) is 11.1 Å². The Bertz CT molecular complexity index is 1040. The Morgan fingerprint density at radius 2 is 1.23 bits per heavy atom. The van der Waals surface area contributed by atoms with Crippen molar-refractivity contribution in [2.45, 2.75) is 6.17 Å². The average Bonchev–Trinajstić information content (AvgIpc) is 2.78. The van der Waals surface area contributed by atoms with Gasteiger partial charge in [0.05, 0.1) is 25.3 Å². The molecule has 31 heavy (non-hydrogen) atoms. The van der Waals surface area contributed by atoms with Crippen LogP contribution in [0.1, 0.15) is 32.4 Å². The Labute approximate surface area is 177 Å². The largest absolute Gasteiger partial charge is 0.493 e. The molecule has 3 aromatic carbocycles. The van der Waals surface area contributed by atoms with E-state index in [1.54, 1.807) is 18.2 Å². The summed E-state index contributed by atoms with van der Waals surface area (Å²) in [5.74, 6) is -2.16. The minimum absolute atomic E-state index is 0.201. The van der Waals surface area contributed by atoms with Gasteiger partial charge in [0.2, 0.25) is 0 Å². The summed E-state index contributed by atoms with van der Waals surface area (Å²) in [6, 6.07) is 15.6. The molecule has 0 aromatic heterocycles. The van der Waals surface area contributed by atoms with Crippen molar-refractivity contribution in [1.29, 1.82) is 0 Å². The number of methoxy groups -OCH3 is 2. The van der Waals surface area contributed by atoms with Crippen molar-refractivity contribution < 1.29 is 27.8 Å². The van der Waals surface area contributed by atoms with Crippen molar-refractivity contribution in [2.24, 2.45) is 0 Å². The summed E-state index contributed by atoms with van der Waals surface area (Å²) in [4.78, 5) is 25.4. The van der Waals surface area contributed by atoms with E-state index in [0.717, 1.165) is 12.1 Å². The Hall–Kier alpha value is -3.94. The highest BCUT2D eigenvalue weighted by molar-refractivity contribution is 5.97. The molecule has 0 atom stereocenters. The second-order valence-electron chi connectivity index (χ2n) is 6.45. The molecule has 3 aromatic rings. The van der Waals surface area contributed by atoms with Crippen LogP contribution < -0.4 is 20.1 Å². The van der Waals surface area contributed by atoms with Gasteiger partial charge < -0.3 is 20.1 Å². The van der Waals surface area contributed by atoms with E-state index in [2.05, 4.69) is 10.6 Å². The van der Waals surface area contributed by atoms with E-state index in [9.17, 15) is 18.4 Å². The molecule has 0 saturated carbocycles. The molecule has 0 aliphatic carbocycles. The van der Waals surface area contributed by atoms with Crippen LogP contribution in [0.5, 0.6) is 11.5 Å². The van der Waals surface area contributed by atoms with E-state index in [4.69, 9.17) is 9.47 Å². The predicted molar refractivity (Wildman–Crippen MR) is 110 cm³/mol. The number of halogens is 2. The highest BCUT2D eigenvalue weighted by Crippen LogP contribution is 2.29. The minimum Gasteiger partial charge on any atom is -0.493 e. The molecule has 0 aliphatic rings. The number of benzene rings is 3. The molecule has 2 amide bonds. The first-order chi connectivity index (χ1) is 14.9. The first-order valence-corrected chi connectivity index (χ1v) is 9.27. The summed E-state index contributed by atoms with van der Waals surface area (Å²) in [6.45, 7) is 0. The molecule has 0 heterocycles. The van der Waals surface area contributed by atoms with Gasteiger partial charge in [0.25, 0.3) is 11.8 Å². The van der Waals surface area contributed by atoms with Crippen LogP contribution in [0.25, 0.3) is 0 Å². The van der Waals surface area contributed by atoms with Crippen LogP contribution in [0.3, 0.4) is 0 Å². The van der Waals surface area contributed by atoms with Crippen LogP contribution in [0.2, 0.25) is 0 Å². The third-order valence-corrected chi connectivity index (χ3v) is 4.53. The molecule has 0 spiro atoms. The van der Waals surface area contributed by atoms with Crippen LogP contribution in [-0.4, -0.2) is 26.0 Å². The molecule has 3 rings (SSSR count). The molecule has 0 saturated heterocycles. The summed E-state index contributed by atoms with van der Waals surface area (Å²) in [6.07, 6.45) is -1.11. The third kappa shape index (κ3) is 4.98. The molecule has 0 radical (unpaired) electrons. The smallest absolute Gasteiger partial charge is 0.256 e. The zero-order valence-corrected chi connectivity index (χ0v) is 16.8. The molecular formula is C23H20F2N2O4. The molecule has 0 aliphatic heterocycles. The van der Waals surface area contributed by atoms with Crippen molar-refractivity contribution in [1.82, 2.24) is 10.6 Å². The van der Waals surface area contributed by atoms with Crippen LogP contribution in [0, 0.1) is 11.6 Å². The Kier molecular flexibility index (Phi) is 6.81. The Morgan fingerprint density at radius 1 is 0.742 bits per heavy atom. The number of rotatable bonds is 7. The molecule has 160 valence electrons. The first-order valence-electron chi connectivity index (χ1n) is 9.27. The van der Waals surface area contributed by atoms with E-state index in [0.29, 0.717) is 17.1 Å². The molecule has 0 unspecified atom stereocenters. The Morgan fingerprint density at radius 3 is 1.68 bits per heavy atom. The van der Waals surface area contributed by atoms with E-state index in [1.807, 2.05) is 0 Å². The van der Waals surface area contributed by atoms with Crippen molar-refractivity contribution >= 4 is 11.8 Å². The SMILES string of the molecule is COc1ccc(C(NC(=O)c2ccccc2F)NC(=O)c2ccccc2F)cc1OC. The monoisotopic (exact) mass is 426 g/mol. The maximum atomic E-state index is 14.1. The fourth-order valence-corrected chi connectivity index (χ4v) is 2.94. The maximum Gasteiger partial charge on any atom is 0.256 e. The maximum absolute atomic E-state index is 14.1. The summed E-state index contributed by atoms with van der Waals surface area (Å²) < 4.78 is 38.6. The van der Waals surface area contributed by atoms with Gasteiger partial charge in [-0.2, -0.15) is 0 Å². The lowest BCUT2D eigenvalue weighted by atomic mass is 10.1. The molecule has 6 nitrogen and oxygen atoms in total. The van der Waals surface area contributed by atoms with Gasteiger partial charge in [-0.05, 0) is 42.0 Å². The van der Waals surface area contributed by atoms with E-state index < -0.39 is 29.6 Å². The fraction of sp³-hybridized carbons (Fsp3) is 0.130. The zero-order valence-electron chi connectivity index (χ0n) is 16.8. The van der Waals surface area contributed by atoms with Crippen molar-refractivity contribution in [2.75, 3.05) is 14.2 Å². The second-order valence-corrected chi connectivity index (χ2v) is 6.45. The average molecular weight is 426 g/mol. The van der Waals surface area contributed by atoms with E-state index >= 15 is 0 Å². The lowest BCUT2D eigenvalue weighted by Gasteiger charge is -2.22. The standard InChI is InChI=1S/C23H20F2N2O4/c1-30-19-12-11-14(13-20(19)31-2)21(26-22(28)15-7-3-5-9-17(15)24)27-23(29)16-8-4-6-10-18(16)25/h3-13,21H,1-2H3,(H,26,28)(H,27,29). The topological polar surface area (TPSA) is 76.7 Å². The van der Waals surface area contributed by atoms with Crippen molar-refractivity contribution in [3.63, 3.8) is 0 Å². The highest BCUT2D eigenvalue weighted by Gasteiger charge is 2.23. The molecule has 0 bridgehead atoms. The van der Waals surface area contributed by atoms with Gasteiger partial charge in [0, 0.05) is 0 Å². The minimum atomic E-state index is -1.11. The summed E-state index contributed by atoms with van der Waals surface area (Å²) in [5, 5.41) is 5.14. The van der Waals surface area contributed by atoms with Gasteiger partial charge in [-0.25, -0.2) is 8.78 Å². The number of carbonyl (C=O) groups excluding carboxylic acids is 2. The van der Waals surface area contributed by atoms with Gasteiger partial charge in [-0.3, -0.25) is 9.59 Å². The van der Waals surface area contributed by atoms with Crippen molar-refractivity contribution in [3.8, 4) is 11.5 Å². The molecule has 0 fully saturated rings. The quantitative estimate of drug-likeness (QED) is 0.563. The van der Waals surface area contributed by atoms with Gasteiger partial charge in [0.1, 0.15) is 17.8 Å². The zero-order chi connectivity index (χ0) is 22.4. The number of hydrogen-bond acceptors (Lipinski definition) is 4. The lowest BCUT2D eigenvalue weighted by Crippen LogP contribution is -2.41. The number of ether oxygens (including phenoxy) is 2. The van der Waals surface area contributed by atoms with Crippen molar-refractivity contribution in [3.05, 3.63) is 95.1 Å². The van der Waals surface area contributed by atoms with Crippen LogP contribution in [-0.2, 0) is 0 Å². The summed E-state index contributed by atoms with van der Waals surface area (Å²) in [7, 11) is 2.90. The summed E-state index contributed by atoms with van der Waals surface area (Å²) >= 11 is 0. The second kappa shape index (κ2) is 9.71. The Balaban J connectivity index is 1.95. The van der Waals surface area contributed by atoms with Gasteiger partial charge in [-0.1, -0.05) is 30.3 Å². The number of nitrogens with one attached hydrogen (secondary N) is 2. The van der Waals surface area contributed by atoms with E-state index in [1.165, 1.54) is 50.6 Å². The normalized spacial score (nSPS) is 10.5. The molecule has 2 N–H and O–H groups in total. The van der Waals surface area contributed by atoms with Gasteiger partial charge >= 0.3 is 0 Å². The fourth-order valence-electron chi connectivity index (χ4n) is 2.94. The number of amides is 2. The molecule has 8 heteroatoms. The summed E-state index contributed by atoms with van der Waals surface area (Å²) in [5.41, 5.74) is 0.00765. The van der Waals surface area contributed by atoms with Crippen LogP contribution in [0.15, 0.2) is 66.7 Å². The highest BCUT2D eigenvalue weighted by atomic mass is 19.1. The lowest BCUT2D eigenvalue weighted by molar-refractivity contribution is 0.0879. The van der Waals surface area contributed by atoms with Crippen LogP contribution >= 0.6 is 0 Å². The third-order valence-electron chi connectivity index (χ3n) is 4.53.